The van der Waals surface area contributed by atoms with Gasteiger partial charge in [-0.05, 0) is 56.1 Å². The standard InChI is InChI=1S/C19H27NO5/c1-5-24-19(21)16(8-12(2)3)15-9-13(4)18(17(10-15)20(22)23)25-11-14-6-7-14/h9-10,12,14,16H,5-8,11H2,1-4H3. The van der Waals surface area contributed by atoms with Gasteiger partial charge in [-0.3, -0.25) is 14.9 Å². The Morgan fingerprint density at radius 2 is 2.04 bits per heavy atom. The third-order valence-corrected chi connectivity index (χ3v) is 4.31. The molecule has 0 N–H and O–H groups in total. The van der Waals surface area contributed by atoms with Gasteiger partial charge in [0, 0.05) is 6.07 Å². The Hall–Kier alpha value is -2.11. The first-order valence-corrected chi connectivity index (χ1v) is 8.91. The molecular formula is C19H27NO5. The quantitative estimate of drug-likeness (QED) is 0.375. The highest BCUT2D eigenvalue weighted by Crippen LogP contribution is 2.38. The summed E-state index contributed by atoms with van der Waals surface area (Å²) in [4.78, 5) is 23.5. The van der Waals surface area contributed by atoms with Crippen molar-refractivity contribution >= 4 is 11.7 Å². The summed E-state index contributed by atoms with van der Waals surface area (Å²) < 4.78 is 10.9. The van der Waals surface area contributed by atoms with E-state index < -0.39 is 10.8 Å². The Labute approximate surface area is 148 Å². The lowest BCUT2D eigenvalue weighted by Gasteiger charge is -2.19. The van der Waals surface area contributed by atoms with Crippen molar-refractivity contribution in [3.8, 4) is 5.75 Å². The fourth-order valence-corrected chi connectivity index (χ4v) is 2.88. The monoisotopic (exact) mass is 349 g/mol. The Bertz CT molecular complexity index is 637. The number of nitro benzene ring substituents is 1. The lowest BCUT2D eigenvalue weighted by Crippen LogP contribution is -2.18. The highest BCUT2D eigenvalue weighted by Gasteiger charge is 2.29. The van der Waals surface area contributed by atoms with Crippen LogP contribution in [0, 0.1) is 28.9 Å². The fraction of sp³-hybridized carbons (Fsp3) is 0.632. The number of hydrogen-bond donors (Lipinski definition) is 0. The molecule has 138 valence electrons. The van der Waals surface area contributed by atoms with Crippen molar-refractivity contribution in [2.45, 2.75) is 52.9 Å². The van der Waals surface area contributed by atoms with E-state index in [0.717, 1.165) is 12.8 Å². The summed E-state index contributed by atoms with van der Waals surface area (Å²) in [5.41, 5.74) is 1.23. The SMILES string of the molecule is CCOC(=O)C(CC(C)C)c1cc(C)c(OCC2CC2)c([N+](=O)[O-])c1. The van der Waals surface area contributed by atoms with Gasteiger partial charge in [-0.15, -0.1) is 0 Å². The van der Waals surface area contributed by atoms with Gasteiger partial charge in [-0.1, -0.05) is 19.9 Å². The Morgan fingerprint density at radius 1 is 1.36 bits per heavy atom. The second-order valence-corrected chi connectivity index (χ2v) is 7.13. The number of nitrogens with zero attached hydrogens (tertiary/aromatic N) is 1. The number of ether oxygens (including phenoxy) is 2. The molecule has 2 rings (SSSR count). The van der Waals surface area contributed by atoms with Gasteiger partial charge in [-0.2, -0.15) is 0 Å². The van der Waals surface area contributed by atoms with E-state index in [-0.39, 0.29) is 24.2 Å². The van der Waals surface area contributed by atoms with Crippen LogP contribution in [0.25, 0.3) is 0 Å². The molecule has 0 bridgehead atoms. The van der Waals surface area contributed by atoms with Crippen LogP contribution in [0.4, 0.5) is 5.69 Å². The third kappa shape index (κ3) is 5.18. The van der Waals surface area contributed by atoms with Crippen molar-refractivity contribution < 1.29 is 19.2 Å². The van der Waals surface area contributed by atoms with Gasteiger partial charge in [0.05, 0.1) is 24.1 Å². The van der Waals surface area contributed by atoms with E-state index in [1.54, 1.807) is 13.8 Å². The summed E-state index contributed by atoms with van der Waals surface area (Å²) in [6, 6.07) is 3.29. The number of carbonyl (C=O) groups excluding carboxylic acids is 1. The molecule has 1 aromatic carbocycles. The van der Waals surface area contributed by atoms with Gasteiger partial charge in [0.25, 0.3) is 0 Å². The van der Waals surface area contributed by atoms with Crippen LogP contribution in [0.15, 0.2) is 12.1 Å². The second-order valence-electron chi connectivity index (χ2n) is 7.13. The van der Waals surface area contributed by atoms with Crippen molar-refractivity contribution in [1.29, 1.82) is 0 Å². The van der Waals surface area contributed by atoms with Gasteiger partial charge in [-0.25, -0.2) is 0 Å². The van der Waals surface area contributed by atoms with E-state index in [0.29, 0.717) is 35.8 Å². The van der Waals surface area contributed by atoms with Gasteiger partial charge in [0.15, 0.2) is 5.75 Å². The molecule has 0 heterocycles. The minimum atomic E-state index is -0.505. The molecule has 1 saturated carbocycles. The number of esters is 1. The van der Waals surface area contributed by atoms with Crippen LogP contribution in [0.1, 0.15) is 57.1 Å². The van der Waals surface area contributed by atoms with E-state index in [2.05, 4.69) is 0 Å². The molecule has 25 heavy (non-hydrogen) atoms. The molecule has 0 aromatic heterocycles. The van der Waals surface area contributed by atoms with Crippen LogP contribution in [0.2, 0.25) is 0 Å². The van der Waals surface area contributed by atoms with Crippen LogP contribution in [0.5, 0.6) is 5.75 Å². The minimum Gasteiger partial charge on any atom is -0.486 e. The first-order chi connectivity index (χ1) is 11.8. The summed E-state index contributed by atoms with van der Waals surface area (Å²) in [5.74, 6) is 0.241. The van der Waals surface area contributed by atoms with Crippen molar-refractivity contribution in [3.05, 3.63) is 33.4 Å². The number of benzene rings is 1. The van der Waals surface area contributed by atoms with Crippen LogP contribution in [0.3, 0.4) is 0 Å². The first-order valence-electron chi connectivity index (χ1n) is 8.91. The van der Waals surface area contributed by atoms with Crippen molar-refractivity contribution in [1.82, 2.24) is 0 Å². The molecule has 0 amide bonds. The van der Waals surface area contributed by atoms with E-state index in [1.165, 1.54) is 6.07 Å². The lowest BCUT2D eigenvalue weighted by molar-refractivity contribution is -0.386. The Kier molecular flexibility index (Phi) is 6.39. The largest absolute Gasteiger partial charge is 0.486 e. The highest BCUT2D eigenvalue weighted by atomic mass is 16.6. The molecule has 1 aliphatic carbocycles. The molecule has 0 radical (unpaired) electrons. The zero-order valence-electron chi connectivity index (χ0n) is 15.4. The van der Waals surface area contributed by atoms with Crippen LogP contribution in [-0.2, 0) is 9.53 Å². The Balaban J connectivity index is 2.37. The summed E-state index contributed by atoms with van der Waals surface area (Å²) >= 11 is 0. The van der Waals surface area contributed by atoms with Crippen molar-refractivity contribution in [3.63, 3.8) is 0 Å². The number of aryl methyl sites for hydroxylation is 1. The summed E-state index contributed by atoms with van der Waals surface area (Å²) in [7, 11) is 0. The Morgan fingerprint density at radius 3 is 2.56 bits per heavy atom. The molecule has 6 nitrogen and oxygen atoms in total. The molecule has 6 heteroatoms. The van der Waals surface area contributed by atoms with Crippen molar-refractivity contribution in [2.24, 2.45) is 11.8 Å². The molecule has 0 saturated heterocycles. The smallest absolute Gasteiger partial charge is 0.313 e. The van der Waals surface area contributed by atoms with Gasteiger partial charge >= 0.3 is 11.7 Å². The van der Waals surface area contributed by atoms with E-state index in [1.807, 2.05) is 19.9 Å². The van der Waals surface area contributed by atoms with Gasteiger partial charge in [0.1, 0.15) is 0 Å². The maximum absolute atomic E-state index is 12.4. The molecule has 1 aliphatic rings. The fourth-order valence-electron chi connectivity index (χ4n) is 2.88. The predicted molar refractivity (Wildman–Crippen MR) is 94.9 cm³/mol. The number of carbonyl (C=O) groups is 1. The van der Waals surface area contributed by atoms with Crippen molar-refractivity contribution in [2.75, 3.05) is 13.2 Å². The molecule has 0 spiro atoms. The van der Waals surface area contributed by atoms with Crippen LogP contribution >= 0.6 is 0 Å². The predicted octanol–water partition coefficient (Wildman–Crippen LogP) is 4.38. The lowest BCUT2D eigenvalue weighted by atomic mass is 9.89. The zero-order valence-corrected chi connectivity index (χ0v) is 15.4. The molecule has 1 fully saturated rings. The third-order valence-electron chi connectivity index (χ3n) is 4.31. The molecule has 0 aliphatic heterocycles. The first kappa shape index (κ1) is 19.2. The number of nitro groups is 1. The maximum atomic E-state index is 12.4. The highest BCUT2D eigenvalue weighted by molar-refractivity contribution is 5.79. The molecule has 1 atom stereocenters. The normalized spacial score (nSPS) is 15.1. The van der Waals surface area contributed by atoms with Crippen LogP contribution < -0.4 is 4.74 Å². The van der Waals surface area contributed by atoms with Crippen LogP contribution in [-0.4, -0.2) is 24.1 Å². The summed E-state index contributed by atoms with van der Waals surface area (Å²) in [6.45, 7) is 8.37. The minimum absolute atomic E-state index is 0.0753. The van der Waals surface area contributed by atoms with Gasteiger partial charge in [0.2, 0.25) is 0 Å². The summed E-state index contributed by atoms with van der Waals surface area (Å²) in [6.07, 6.45) is 2.81. The number of rotatable bonds is 9. The van der Waals surface area contributed by atoms with Gasteiger partial charge < -0.3 is 9.47 Å². The van der Waals surface area contributed by atoms with E-state index in [4.69, 9.17) is 9.47 Å². The average molecular weight is 349 g/mol. The average Bonchev–Trinajstić information content (AvgIpc) is 3.35. The van der Waals surface area contributed by atoms with E-state index >= 15 is 0 Å². The molecule has 1 unspecified atom stereocenters. The zero-order chi connectivity index (χ0) is 18.6. The maximum Gasteiger partial charge on any atom is 0.313 e. The topological polar surface area (TPSA) is 78.7 Å². The molecular weight excluding hydrogens is 322 g/mol. The number of hydrogen-bond acceptors (Lipinski definition) is 5. The second kappa shape index (κ2) is 8.32. The van der Waals surface area contributed by atoms with E-state index in [9.17, 15) is 14.9 Å². The molecule has 1 aromatic rings. The summed E-state index contributed by atoms with van der Waals surface area (Å²) in [5, 5.41) is 11.5.